The summed E-state index contributed by atoms with van der Waals surface area (Å²) in [7, 11) is 0. The predicted molar refractivity (Wildman–Crippen MR) is 73.9 cm³/mol. The minimum atomic E-state index is 0.926. The van der Waals surface area contributed by atoms with Gasteiger partial charge in [-0.2, -0.15) is 0 Å². The van der Waals surface area contributed by atoms with Crippen LogP contribution in [0.3, 0.4) is 0 Å². The van der Waals surface area contributed by atoms with E-state index in [1.54, 1.807) is 0 Å². The molecule has 0 unspecified atom stereocenters. The van der Waals surface area contributed by atoms with Crippen LogP contribution in [0.1, 0.15) is 18.1 Å². The monoisotopic (exact) mass is 274 g/mol. The van der Waals surface area contributed by atoms with Crippen LogP contribution in [0.25, 0.3) is 11.1 Å². The second-order valence-corrected chi connectivity index (χ2v) is 4.41. The highest BCUT2D eigenvalue weighted by atomic mass is 79.9. The predicted octanol–water partition coefficient (Wildman–Crippen LogP) is 4.81. The molecule has 16 heavy (non-hydrogen) atoms. The molecule has 0 saturated heterocycles. The lowest BCUT2D eigenvalue weighted by atomic mass is 9.96. The van der Waals surface area contributed by atoms with Gasteiger partial charge >= 0.3 is 0 Å². The molecule has 0 nitrogen and oxygen atoms in total. The molecule has 2 rings (SSSR count). The number of hydrogen-bond acceptors (Lipinski definition) is 0. The van der Waals surface area contributed by atoms with Crippen molar-refractivity contribution in [1.29, 1.82) is 0 Å². The van der Waals surface area contributed by atoms with Gasteiger partial charge in [-0.25, -0.2) is 0 Å². The van der Waals surface area contributed by atoms with Gasteiger partial charge in [0.2, 0.25) is 0 Å². The zero-order valence-corrected chi connectivity index (χ0v) is 11.0. The van der Waals surface area contributed by atoms with Crippen LogP contribution in [0, 0.1) is 0 Å². The molecule has 0 aromatic heterocycles. The molecular formula is C15H15Br. The van der Waals surface area contributed by atoms with Gasteiger partial charge in [-0.15, -0.1) is 0 Å². The van der Waals surface area contributed by atoms with E-state index in [9.17, 15) is 0 Å². The summed E-state index contributed by atoms with van der Waals surface area (Å²) in [6, 6.07) is 17.3. The van der Waals surface area contributed by atoms with Crippen LogP contribution in [0.2, 0.25) is 0 Å². The minimum absolute atomic E-state index is 0.926. The largest absolute Gasteiger partial charge is 0.0876 e. The molecule has 0 atom stereocenters. The van der Waals surface area contributed by atoms with Gasteiger partial charge in [-0.3, -0.25) is 0 Å². The average Bonchev–Trinajstić information content (AvgIpc) is 2.39. The lowest BCUT2D eigenvalue weighted by molar-refractivity contribution is 1.13. The van der Waals surface area contributed by atoms with Gasteiger partial charge in [-0.05, 0) is 28.7 Å². The molecule has 0 bridgehead atoms. The summed E-state index contributed by atoms with van der Waals surface area (Å²) in [4.78, 5) is 0. The van der Waals surface area contributed by atoms with Crippen molar-refractivity contribution in [2.45, 2.75) is 18.7 Å². The van der Waals surface area contributed by atoms with Gasteiger partial charge in [0.15, 0.2) is 0 Å². The van der Waals surface area contributed by atoms with Crippen LogP contribution in [0.4, 0.5) is 0 Å². The number of alkyl halides is 1. The van der Waals surface area contributed by atoms with Gasteiger partial charge in [0.25, 0.3) is 0 Å². The highest BCUT2D eigenvalue weighted by Crippen LogP contribution is 2.25. The van der Waals surface area contributed by atoms with Gasteiger partial charge in [-0.1, -0.05) is 71.4 Å². The maximum Gasteiger partial charge on any atom is 0.0283 e. The number of hydrogen-bond donors (Lipinski definition) is 0. The van der Waals surface area contributed by atoms with Crippen LogP contribution in [-0.4, -0.2) is 0 Å². The van der Waals surface area contributed by atoms with Crippen LogP contribution in [0.5, 0.6) is 0 Å². The van der Waals surface area contributed by atoms with Gasteiger partial charge < -0.3 is 0 Å². The quantitative estimate of drug-likeness (QED) is 0.705. The molecule has 0 aliphatic carbocycles. The van der Waals surface area contributed by atoms with E-state index in [4.69, 9.17) is 0 Å². The van der Waals surface area contributed by atoms with Crippen molar-refractivity contribution >= 4 is 15.9 Å². The third-order valence-corrected chi connectivity index (χ3v) is 3.44. The molecule has 0 aliphatic heterocycles. The number of halogens is 1. The Bertz CT molecular complexity index is 460. The molecule has 0 N–H and O–H groups in total. The Morgan fingerprint density at radius 2 is 1.75 bits per heavy atom. The molecule has 0 saturated carbocycles. The van der Waals surface area contributed by atoms with Crippen molar-refractivity contribution in [3.63, 3.8) is 0 Å². The topological polar surface area (TPSA) is 0 Å². The molecule has 2 aromatic rings. The molecule has 0 spiro atoms. The highest BCUT2D eigenvalue weighted by Gasteiger charge is 2.03. The van der Waals surface area contributed by atoms with Crippen molar-refractivity contribution < 1.29 is 0 Å². The normalized spacial score (nSPS) is 10.4. The van der Waals surface area contributed by atoms with E-state index in [1.807, 2.05) is 0 Å². The first-order chi connectivity index (χ1) is 7.85. The van der Waals surface area contributed by atoms with Crippen LogP contribution in [0.15, 0.2) is 48.5 Å². The molecule has 0 radical (unpaired) electrons. The number of rotatable bonds is 3. The average molecular weight is 275 g/mol. The molecule has 0 amide bonds. The maximum absolute atomic E-state index is 3.50. The third kappa shape index (κ3) is 2.35. The standard InChI is InChI=1S/C15H15Br/c1-2-13-10-12(11-16)8-9-15(13)14-6-4-3-5-7-14/h3-10H,2,11H2,1H3. The highest BCUT2D eigenvalue weighted by molar-refractivity contribution is 9.08. The Morgan fingerprint density at radius 3 is 2.38 bits per heavy atom. The summed E-state index contributed by atoms with van der Waals surface area (Å²) in [6.45, 7) is 2.21. The zero-order valence-electron chi connectivity index (χ0n) is 9.41. The van der Waals surface area contributed by atoms with Crippen molar-refractivity contribution in [2.75, 3.05) is 0 Å². The lowest BCUT2D eigenvalue weighted by Gasteiger charge is -2.09. The third-order valence-electron chi connectivity index (χ3n) is 2.79. The van der Waals surface area contributed by atoms with E-state index in [-0.39, 0.29) is 0 Å². The minimum Gasteiger partial charge on any atom is -0.0876 e. The second kappa shape index (κ2) is 5.31. The number of benzene rings is 2. The molecule has 1 heteroatoms. The van der Waals surface area contributed by atoms with E-state index in [1.165, 1.54) is 22.3 Å². The molecule has 82 valence electrons. The van der Waals surface area contributed by atoms with E-state index in [0.29, 0.717) is 0 Å². The van der Waals surface area contributed by atoms with Crippen LogP contribution >= 0.6 is 15.9 Å². The van der Waals surface area contributed by atoms with E-state index < -0.39 is 0 Å². The fraction of sp³-hybridized carbons (Fsp3) is 0.200. The molecule has 0 heterocycles. The van der Waals surface area contributed by atoms with Crippen molar-refractivity contribution in [1.82, 2.24) is 0 Å². The first-order valence-electron chi connectivity index (χ1n) is 5.58. The first-order valence-corrected chi connectivity index (χ1v) is 6.70. The van der Waals surface area contributed by atoms with E-state index in [0.717, 1.165) is 11.8 Å². The van der Waals surface area contributed by atoms with Crippen molar-refractivity contribution in [3.8, 4) is 11.1 Å². The zero-order chi connectivity index (χ0) is 11.4. The Labute approximate surface area is 105 Å². The fourth-order valence-corrected chi connectivity index (χ4v) is 2.27. The first kappa shape index (κ1) is 11.4. The Morgan fingerprint density at radius 1 is 1.00 bits per heavy atom. The number of aryl methyl sites for hydroxylation is 1. The van der Waals surface area contributed by atoms with Crippen molar-refractivity contribution in [3.05, 3.63) is 59.7 Å². The van der Waals surface area contributed by atoms with E-state index >= 15 is 0 Å². The summed E-state index contributed by atoms with van der Waals surface area (Å²) >= 11 is 3.50. The molecule has 2 aromatic carbocycles. The van der Waals surface area contributed by atoms with E-state index in [2.05, 4.69) is 71.4 Å². The Hall–Kier alpha value is -1.08. The summed E-state index contributed by atoms with van der Waals surface area (Å²) in [6.07, 6.45) is 1.07. The molecule has 0 aliphatic rings. The summed E-state index contributed by atoms with van der Waals surface area (Å²) in [5, 5.41) is 0.926. The smallest absolute Gasteiger partial charge is 0.0283 e. The van der Waals surface area contributed by atoms with Gasteiger partial charge in [0, 0.05) is 5.33 Å². The summed E-state index contributed by atoms with van der Waals surface area (Å²) in [5.41, 5.74) is 5.42. The maximum atomic E-state index is 3.50. The lowest BCUT2D eigenvalue weighted by Crippen LogP contribution is -1.89. The van der Waals surface area contributed by atoms with Crippen LogP contribution < -0.4 is 0 Å². The summed E-state index contributed by atoms with van der Waals surface area (Å²) in [5.74, 6) is 0. The molecular weight excluding hydrogens is 260 g/mol. The Kier molecular flexibility index (Phi) is 3.79. The second-order valence-electron chi connectivity index (χ2n) is 3.84. The van der Waals surface area contributed by atoms with Gasteiger partial charge in [0.05, 0.1) is 0 Å². The fourth-order valence-electron chi connectivity index (χ4n) is 1.92. The SMILES string of the molecule is CCc1cc(CBr)ccc1-c1ccccc1. The Balaban J connectivity index is 2.49. The van der Waals surface area contributed by atoms with Crippen molar-refractivity contribution in [2.24, 2.45) is 0 Å². The molecule has 0 fully saturated rings. The van der Waals surface area contributed by atoms with Crippen LogP contribution in [-0.2, 0) is 11.8 Å². The summed E-state index contributed by atoms with van der Waals surface area (Å²) < 4.78 is 0. The van der Waals surface area contributed by atoms with Gasteiger partial charge in [0.1, 0.15) is 0 Å².